The maximum Gasteiger partial charge on any atom is 0.315 e. The first-order valence-corrected chi connectivity index (χ1v) is 7.68. The molecular weight excluding hydrogens is 282 g/mol. The van der Waals surface area contributed by atoms with Crippen LogP contribution in [0.5, 0.6) is 0 Å². The van der Waals surface area contributed by atoms with Crippen LogP contribution >= 0.6 is 0 Å². The molecule has 0 aliphatic carbocycles. The van der Waals surface area contributed by atoms with Gasteiger partial charge in [0.1, 0.15) is 0 Å². The Kier molecular flexibility index (Phi) is 6.21. The van der Waals surface area contributed by atoms with E-state index in [0.717, 1.165) is 12.1 Å². The summed E-state index contributed by atoms with van der Waals surface area (Å²) in [6.07, 6.45) is 1.11. The summed E-state index contributed by atoms with van der Waals surface area (Å²) in [5.74, 6) is 0.0350. The lowest BCUT2D eigenvalue weighted by atomic mass is 10.2. The molecule has 1 aliphatic heterocycles. The Balaban J connectivity index is 1.73. The molecular formula is C16H23N3O3. The van der Waals surface area contributed by atoms with Gasteiger partial charge < -0.3 is 20.3 Å². The number of urea groups is 1. The van der Waals surface area contributed by atoms with Gasteiger partial charge in [0.05, 0.1) is 6.04 Å². The van der Waals surface area contributed by atoms with Crippen molar-refractivity contribution in [1.82, 2.24) is 10.6 Å². The van der Waals surface area contributed by atoms with Gasteiger partial charge in [0.2, 0.25) is 5.91 Å². The highest BCUT2D eigenvalue weighted by Gasteiger charge is 2.31. The molecule has 6 nitrogen and oxygen atoms in total. The van der Waals surface area contributed by atoms with Crippen LogP contribution in [0.25, 0.3) is 0 Å². The Morgan fingerprint density at radius 3 is 2.86 bits per heavy atom. The van der Waals surface area contributed by atoms with Gasteiger partial charge in [-0.3, -0.25) is 4.79 Å². The molecule has 0 saturated carbocycles. The van der Waals surface area contributed by atoms with E-state index in [1.807, 2.05) is 37.3 Å². The highest BCUT2D eigenvalue weighted by Crippen LogP contribution is 2.20. The minimum Gasteiger partial charge on any atom is -0.382 e. The normalized spacial score (nSPS) is 17.6. The fraction of sp³-hybridized carbons (Fsp3) is 0.500. The zero-order valence-electron chi connectivity index (χ0n) is 12.9. The number of rotatable bonds is 7. The summed E-state index contributed by atoms with van der Waals surface area (Å²) in [5.41, 5.74) is 0.869. The van der Waals surface area contributed by atoms with E-state index in [4.69, 9.17) is 4.74 Å². The quantitative estimate of drug-likeness (QED) is 0.750. The lowest BCUT2D eigenvalue weighted by molar-refractivity contribution is -0.117. The molecule has 6 heteroatoms. The zero-order valence-corrected chi connectivity index (χ0v) is 12.9. The lowest BCUT2D eigenvalue weighted by Crippen LogP contribution is -2.43. The summed E-state index contributed by atoms with van der Waals surface area (Å²) in [5, 5.41) is 5.62. The molecule has 0 spiro atoms. The van der Waals surface area contributed by atoms with E-state index in [-0.39, 0.29) is 18.0 Å². The highest BCUT2D eigenvalue weighted by atomic mass is 16.5. The van der Waals surface area contributed by atoms with Crippen LogP contribution in [-0.4, -0.2) is 44.3 Å². The standard InChI is InChI=1S/C16H23N3O3/c1-2-22-10-6-9-17-16(21)18-13-11-15(20)19(12-13)14-7-4-3-5-8-14/h3-5,7-8,13H,2,6,9-12H2,1H3,(H2,17,18,21)/t13-/m0/s1. The average molecular weight is 305 g/mol. The van der Waals surface area contributed by atoms with Crippen molar-refractivity contribution in [2.75, 3.05) is 31.2 Å². The number of nitrogens with one attached hydrogen (secondary N) is 2. The van der Waals surface area contributed by atoms with Gasteiger partial charge in [-0.15, -0.1) is 0 Å². The van der Waals surface area contributed by atoms with Crippen LogP contribution in [0.3, 0.4) is 0 Å². The van der Waals surface area contributed by atoms with Gasteiger partial charge >= 0.3 is 6.03 Å². The first kappa shape index (κ1) is 16.3. The third-order valence-corrected chi connectivity index (χ3v) is 3.48. The molecule has 1 fully saturated rings. The Morgan fingerprint density at radius 2 is 2.14 bits per heavy atom. The number of amides is 3. The Morgan fingerprint density at radius 1 is 1.36 bits per heavy atom. The van der Waals surface area contributed by atoms with Gasteiger partial charge in [-0.2, -0.15) is 0 Å². The van der Waals surface area contributed by atoms with Crippen LogP contribution in [-0.2, 0) is 9.53 Å². The predicted octanol–water partition coefficient (Wildman–Crippen LogP) is 1.52. The summed E-state index contributed by atoms with van der Waals surface area (Å²) in [7, 11) is 0. The topological polar surface area (TPSA) is 70.7 Å². The number of nitrogens with zero attached hydrogens (tertiary/aromatic N) is 1. The van der Waals surface area contributed by atoms with E-state index >= 15 is 0 Å². The average Bonchev–Trinajstić information content (AvgIpc) is 2.88. The van der Waals surface area contributed by atoms with Crippen molar-refractivity contribution < 1.29 is 14.3 Å². The summed E-state index contributed by atoms with van der Waals surface area (Å²) in [6, 6.07) is 9.12. The third kappa shape index (κ3) is 4.73. The van der Waals surface area contributed by atoms with Crippen LogP contribution in [0.2, 0.25) is 0 Å². The first-order chi connectivity index (χ1) is 10.7. The number of benzene rings is 1. The summed E-state index contributed by atoms with van der Waals surface area (Å²) in [6.45, 7) is 4.34. The molecule has 120 valence electrons. The van der Waals surface area contributed by atoms with Gasteiger partial charge in [0.15, 0.2) is 0 Å². The molecule has 3 amide bonds. The van der Waals surface area contributed by atoms with Gasteiger partial charge in [-0.1, -0.05) is 18.2 Å². The van der Waals surface area contributed by atoms with Gasteiger partial charge in [-0.05, 0) is 25.5 Å². The molecule has 1 aliphatic rings. The number of hydrogen-bond acceptors (Lipinski definition) is 3. The second-order valence-electron chi connectivity index (χ2n) is 5.19. The first-order valence-electron chi connectivity index (χ1n) is 7.68. The molecule has 1 saturated heterocycles. The Bertz CT molecular complexity index is 493. The van der Waals surface area contributed by atoms with E-state index in [9.17, 15) is 9.59 Å². The minimum absolute atomic E-state index is 0.0350. The van der Waals surface area contributed by atoms with Gasteiger partial charge in [0.25, 0.3) is 0 Å². The fourth-order valence-electron chi connectivity index (χ4n) is 2.42. The van der Waals surface area contributed by atoms with Crippen LogP contribution in [0.15, 0.2) is 30.3 Å². The number of carbonyl (C=O) groups is 2. The number of carbonyl (C=O) groups excluding carboxylic acids is 2. The molecule has 22 heavy (non-hydrogen) atoms. The molecule has 1 aromatic carbocycles. The number of ether oxygens (including phenoxy) is 1. The van der Waals surface area contributed by atoms with E-state index in [1.54, 1.807) is 4.90 Å². The third-order valence-electron chi connectivity index (χ3n) is 3.48. The number of para-hydroxylation sites is 1. The lowest BCUT2D eigenvalue weighted by Gasteiger charge is -2.17. The largest absolute Gasteiger partial charge is 0.382 e. The van der Waals surface area contributed by atoms with Crippen molar-refractivity contribution in [1.29, 1.82) is 0 Å². The molecule has 1 atom stereocenters. The van der Waals surface area contributed by atoms with Crippen molar-refractivity contribution in [2.24, 2.45) is 0 Å². The van der Waals surface area contributed by atoms with E-state index < -0.39 is 0 Å². The molecule has 1 heterocycles. The predicted molar refractivity (Wildman–Crippen MR) is 84.8 cm³/mol. The molecule has 2 N–H and O–H groups in total. The Labute approximate surface area is 130 Å². The van der Waals surface area contributed by atoms with Gasteiger partial charge in [-0.25, -0.2) is 4.79 Å². The monoisotopic (exact) mass is 305 g/mol. The van der Waals surface area contributed by atoms with E-state index in [2.05, 4.69) is 10.6 Å². The molecule has 0 unspecified atom stereocenters. The number of hydrogen-bond donors (Lipinski definition) is 2. The highest BCUT2D eigenvalue weighted by molar-refractivity contribution is 5.96. The maximum absolute atomic E-state index is 12.0. The molecule has 1 aromatic rings. The number of anilines is 1. The van der Waals surface area contributed by atoms with Crippen molar-refractivity contribution in [2.45, 2.75) is 25.8 Å². The summed E-state index contributed by atoms with van der Waals surface area (Å²) < 4.78 is 5.20. The van der Waals surface area contributed by atoms with Crippen molar-refractivity contribution in [3.63, 3.8) is 0 Å². The fourth-order valence-corrected chi connectivity index (χ4v) is 2.42. The van der Waals surface area contributed by atoms with Crippen molar-refractivity contribution in [3.8, 4) is 0 Å². The van der Waals surface area contributed by atoms with E-state index in [0.29, 0.717) is 32.7 Å². The Hall–Kier alpha value is -2.08. The SMILES string of the molecule is CCOCCCNC(=O)N[C@H]1CC(=O)N(c2ccccc2)C1. The maximum atomic E-state index is 12.0. The van der Waals surface area contributed by atoms with Crippen LogP contribution in [0, 0.1) is 0 Å². The molecule has 0 radical (unpaired) electrons. The van der Waals surface area contributed by atoms with Crippen LogP contribution in [0.4, 0.5) is 10.5 Å². The summed E-state index contributed by atoms with van der Waals surface area (Å²) >= 11 is 0. The molecule has 2 rings (SSSR count). The van der Waals surface area contributed by atoms with Gasteiger partial charge in [0, 0.05) is 38.4 Å². The molecule has 0 bridgehead atoms. The molecule has 0 aromatic heterocycles. The van der Waals surface area contributed by atoms with Crippen LogP contribution < -0.4 is 15.5 Å². The smallest absolute Gasteiger partial charge is 0.315 e. The second kappa shape index (κ2) is 8.38. The summed E-state index contributed by atoms with van der Waals surface area (Å²) in [4.78, 5) is 25.5. The second-order valence-corrected chi connectivity index (χ2v) is 5.19. The van der Waals surface area contributed by atoms with Crippen molar-refractivity contribution >= 4 is 17.6 Å². The zero-order chi connectivity index (χ0) is 15.8. The van der Waals surface area contributed by atoms with Crippen LogP contribution in [0.1, 0.15) is 19.8 Å². The van der Waals surface area contributed by atoms with E-state index in [1.165, 1.54) is 0 Å². The minimum atomic E-state index is -0.232. The van der Waals surface area contributed by atoms with Crippen molar-refractivity contribution in [3.05, 3.63) is 30.3 Å².